The van der Waals surface area contributed by atoms with E-state index in [0.717, 1.165) is 11.1 Å². The molecule has 0 radical (unpaired) electrons. The van der Waals surface area contributed by atoms with Crippen LogP contribution in [0.3, 0.4) is 0 Å². The minimum absolute atomic E-state index is 0.120. The highest BCUT2D eigenvalue weighted by atomic mass is 19.1. The largest absolute Gasteiger partial charge is 0.351 e. The molecule has 0 amide bonds. The molecular weight excluding hydrogens is 407 g/mol. The van der Waals surface area contributed by atoms with E-state index in [9.17, 15) is 14.0 Å². The van der Waals surface area contributed by atoms with Gasteiger partial charge in [0.25, 0.3) is 0 Å². The molecule has 5 aromatic rings. The number of fused-ring (bicyclic) bond motifs is 3. The van der Waals surface area contributed by atoms with E-state index in [2.05, 4.69) is 10.1 Å². The minimum Gasteiger partial charge on any atom is -0.292 e. The Bertz CT molecular complexity index is 1570. The summed E-state index contributed by atoms with van der Waals surface area (Å²) in [6.45, 7) is 3.73. The lowest BCUT2D eigenvalue weighted by Gasteiger charge is -2.11. The number of hydrogen-bond acceptors (Lipinski definition) is 4. The Kier molecular flexibility index (Phi) is 4.66. The van der Waals surface area contributed by atoms with E-state index >= 15 is 0 Å². The first kappa shape index (κ1) is 19.8. The average Bonchev–Trinajstić information content (AvgIpc) is 3.23. The van der Waals surface area contributed by atoms with Crippen molar-refractivity contribution in [3.63, 3.8) is 0 Å². The SMILES string of the molecule is Cc1ccc(C(=O)Cn2c(=O)n3nc(-c4ccc(F)cc4)nc3c3ccccc32)c(C)c1. The molecule has 5 rings (SSSR count). The summed E-state index contributed by atoms with van der Waals surface area (Å²) in [5.41, 5.74) is 3.64. The van der Waals surface area contributed by atoms with E-state index in [-0.39, 0.29) is 18.1 Å². The Labute approximate surface area is 182 Å². The Morgan fingerprint density at radius 3 is 2.50 bits per heavy atom. The molecule has 32 heavy (non-hydrogen) atoms. The quantitative estimate of drug-likeness (QED) is 0.401. The summed E-state index contributed by atoms with van der Waals surface area (Å²) >= 11 is 0. The van der Waals surface area contributed by atoms with Gasteiger partial charge in [0.15, 0.2) is 17.3 Å². The maximum absolute atomic E-state index is 13.4. The maximum atomic E-state index is 13.4. The van der Waals surface area contributed by atoms with Crippen LogP contribution in [0.25, 0.3) is 27.9 Å². The van der Waals surface area contributed by atoms with E-state index in [0.29, 0.717) is 33.5 Å². The third kappa shape index (κ3) is 3.28. The van der Waals surface area contributed by atoms with Crippen LogP contribution in [0.4, 0.5) is 4.39 Å². The van der Waals surface area contributed by atoms with Gasteiger partial charge in [0.1, 0.15) is 5.82 Å². The molecule has 7 heteroatoms. The summed E-state index contributed by atoms with van der Waals surface area (Å²) < 4.78 is 15.9. The lowest BCUT2D eigenvalue weighted by Crippen LogP contribution is -2.30. The number of nitrogens with zero attached hydrogens (tertiary/aromatic N) is 4. The van der Waals surface area contributed by atoms with Crippen LogP contribution in [-0.2, 0) is 6.54 Å². The molecule has 0 aliphatic carbocycles. The topological polar surface area (TPSA) is 69.3 Å². The first-order valence-electron chi connectivity index (χ1n) is 10.2. The molecule has 0 fully saturated rings. The van der Waals surface area contributed by atoms with Gasteiger partial charge in [-0.05, 0) is 55.8 Å². The second-order valence-corrected chi connectivity index (χ2v) is 7.81. The molecule has 0 aliphatic heterocycles. The molecule has 158 valence electrons. The van der Waals surface area contributed by atoms with Gasteiger partial charge in [0.2, 0.25) is 0 Å². The zero-order valence-electron chi connectivity index (χ0n) is 17.5. The summed E-state index contributed by atoms with van der Waals surface area (Å²) in [6, 6.07) is 18.7. The number of Topliss-reactive ketones (excluding diaryl/α,β-unsaturated/α-hetero) is 1. The number of carbonyl (C=O) groups is 1. The molecule has 6 nitrogen and oxygen atoms in total. The molecule has 3 aromatic carbocycles. The van der Waals surface area contributed by atoms with Gasteiger partial charge in [-0.2, -0.15) is 4.52 Å². The number of aryl methyl sites for hydroxylation is 2. The van der Waals surface area contributed by atoms with Gasteiger partial charge in [0, 0.05) is 16.5 Å². The van der Waals surface area contributed by atoms with Gasteiger partial charge >= 0.3 is 5.69 Å². The zero-order valence-corrected chi connectivity index (χ0v) is 17.5. The maximum Gasteiger partial charge on any atom is 0.351 e. The fourth-order valence-electron chi connectivity index (χ4n) is 3.96. The van der Waals surface area contributed by atoms with Gasteiger partial charge in [-0.1, -0.05) is 35.9 Å². The lowest BCUT2D eigenvalue weighted by atomic mass is 10.0. The van der Waals surface area contributed by atoms with Crippen molar-refractivity contribution in [3.05, 3.63) is 99.7 Å². The summed E-state index contributed by atoms with van der Waals surface area (Å²) in [6.07, 6.45) is 0. The highest BCUT2D eigenvalue weighted by Crippen LogP contribution is 2.22. The predicted molar refractivity (Wildman–Crippen MR) is 120 cm³/mol. The summed E-state index contributed by atoms with van der Waals surface area (Å²) in [4.78, 5) is 31.0. The molecule has 0 saturated heterocycles. The smallest absolute Gasteiger partial charge is 0.292 e. The third-order valence-electron chi connectivity index (χ3n) is 5.54. The van der Waals surface area contributed by atoms with E-state index in [1.54, 1.807) is 24.3 Å². The molecule has 0 bridgehead atoms. The Morgan fingerprint density at radius 1 is 1.00 bits per heavy atom. The molecule has 2 heterocycles. The number of para-hydroxylation sites is 1. The Morgan fingerprint density at radius 2 is 1.75 bits per heavy atom. The van der Waals surface area contributed by atoms with Crippen molar-refractivity contribution in [1.29, 1.82) is 0 Å². The molecule has 0 N–H and O–H groups in total. The van der Waals surface area contributed by atoms with Gasteiger partial charge in [-0.15, -0.1) is 5.10 Å². The number of hydrogen-bond donors (Lipinski definition) is 0. The molecule has 0 aliphatic rings. The van der Waals surface area contributed by atoms with E-state index < -0.39 is 5.69 Å². The van der Waals surface area contributed by atoms with Crippen LogP contribution in [0.1, 0.15) is 21.5 Å². The first-order valence-corrected chi connectivity index (χ1v) is 10.2. The van der Waals surface area contributed by atoms with Crippen molar-refractivity contribution in [2.24, 2.45) is 0 Å². The molecule has 0 spiro atoms. The van der Waals surface area contributed by atoms with Crippen LogP contribution in [0.5, 0.6) is 0 Å². The summed E-state index contributed by atoms with van der Waals surface area (Å²) in [7, 11) is 0. The van der Waals surface area contributed by atoms with Crippen molar-refractivity contribution in [2.45, 2.75) is 20.4 Å². The second-order valence-electron chi connectivity index (χ2n) is 7.81. The second kappa shape index (κ2) is 7.53. The van der Waals surface area contributed by atoms with Gasteiger partial charge in [-0.3, -0.25) is 9.36 Å². The molecule has 0 atom stereocenters. The van der Waals surface area contributed by atoms with Gasteiger partial charge in [0.05, 0.1) is 12.1 Å². The molecule has 0 saturated carbocycles. The predicted octanol–water partition coefficient (Wildman–Crippen LogP) is 4.35. The Balaban J connectivity index is 1.68. The van der Waals surface area contributed by atoms with Crippen LogP contribution in [0, 0.1) is 19.7 Å². The van der Waals surface area contributed by atoms with Crippen molar-refractivity contribution < 1.29 is 9.18 Å². The number of ketones is 1. The zero-order chi connectivity index (χ0) is 22.4. The minimum atomic E-state index is -0.460. The van der Waals surface area contributed by atoms with Crippen LogP contribution in [0.15, 0.2) is 71.5 Å². The Hall–Kier alpha value is -4.13. The van der Waals surface area contributed by atoms with Gasteiger partial charge < -0.3 is 0 Å². The number of benzene rings is 3. The number of carbonyl (C=O) groups excluding carboxylic acids is 1. The molecule has 2 aromatic heterocycles. The van der Waals surface area contributed by atoms with Crippen molar-refractivity contribution in [2.75, 3.05) is 0 Å². The fraction of sp³-hybridized carbons (Fsp3) is 0.120. The summed E-state index contributed by atoms with van der Waals surface area (Å²) in [5.74, 6) is -0.214. The van der Waals surface area contributed by atoms with Crippen LogP contribution in [0.2, 0.25) is 0 Å². The van der Waals surface area contributed by atoms with E-state index in [1.165, 1.54) is 21.2 Å². The average molecular weight is 426 g/mol. The normalized spacial score (nSPS) is 11.3. The van der Waals surface area contributed by atoms with Crippen molar-refractivity contribution in [3.8, 4) is 11.4 Å². The molecular formula is C25H19FN4O2. The van der Waals surface area contributed by atoms with Crippen LogP contribution in [-0.4, -0.2) is 24.9 Å². The summed E-state index contributed by atoms with van der Waals surface area (Å²) in [5, 5.41) is 5.07. The van der Waals surface area contributed by atoms with Crippen molar-refractivity contribution in [1.82, 2.24) is 19.2 Å². The fourth-order valence-corrected chi connectivity index (χ4v) is 3.96. The van der Waals surface area contributed by atoms with Crippen LogP contribution < -0.4 is 5.69 Å². The van der Waals surface area contributed by atoms with Gasteiger partial charge in [-0.25, -0.2) is 14.2 Å². The van der Waals surface area contributed by atoms with Crippen molar-refractivity contribution >= 4 is 22.3 Å². The standard InChI is InChI=1S/C25H19FN4O2/c1-15-7-12-19(16(2)13-15)22(31)14-29-21-6-4-3-5-20(21)24-27-23(28-30(24)25(29)32)17-8-10-18(26)11-9-17/h3-13H,14H2,1-2H3. The highest BCUT2D eigenvalue weighted by Gasteiger charge is 2.18. The number of halogens is 1. The van der Waals surface area contributed by atoms with E-state index in [4.69, 9.17) is 0 Å². The number of rotatable bonds is 4. The first-order chi connectivity index (χ1) is 15.4. The monoisotopic (exact) mass is 426 g/mol. The number of aromatic nitrogens is 4. The molecule has 0 unspecified atom stereocenters. The lowest BCUT2D eigenvalue weighted by molar-refractivity contribution is 0.0971. The van der Waals surface area contributed by atoms with E-state index in [1.807, 2.05) is 44.2 Å². The highest BCUT2D eigenvalue weighted by molar-refractivity contribution is 5.99. The van der Waals surface area contributed by atoms with Crippen LogP contribution >= 0.6 is 0 Å². The third-order valence-corrected chi connectivity index (χ3v) is 5.54.